The number of nitrogens with two attached hydrogens (primary N) is 1. The Balaban J connectivity index is 1.93. The molecule has 118 valence electrons. The number of hydrogen-bond acceptors (Lipinski definition) is 5. The van der Waals surface area contributed by atoms with Crippen molar-refractivity contribution in [3.05, 3.63) is 29.8 Å². The van der Waals surface area contributed by atoms with Gasteiger partial charge in [0.1, 0.15) is 0 Å². The zero-order valence-corrected chi connectivity index (χ0v) is 13.8. The van der Waals surface area contributed by atoms with Crippen molar-refractivity contribution in [2.45, 2.75) is 43.5 Å². The van der Waals surface area contributed by atoms with Crippen LogP contribution in [0.2, 0.25) is 0 Å². The minimum atomic E-state index is -0.315. The first-order valence-corrected chi connectivity index (χ1v) is 8.13. The third kappa shape index (κ3) is 4.24. The number of nitrogens with zero attached hydrogens (tertiary/aromatic N) is 2. The van der Waals surface area contributed by atoms with Gasteiger partial charge in [0.2, 0.25) is 17.0 Å². The van der Waals surface area contributed by atoms with Crippen LogP contribution in [0.1, 0.15) is 38.7 Å². The number of carbonyl (C=O) groups excluding carboxylic acids is 1. The SMILES string of the molecule is CC[C@H](C)c1ccc(NC(=O)[C@H](C)Sc2n[nH]c(N)n2)cc1. The van der Waals surface area contributed by atoms with Gasteiger partial charge in [0.25, 0.3) is 0 Å². The van der Waals surface area contributed by atoms with E-state index in [2.05, 4.69) is 46.5 Å². The molecular formula is C15H21N5OS. The highest BCUT2D eigenvalue weighted by atomic mass is 32.2. The number of H-pyrrole nitrogens is 1. The summed E-state index contributed by atoms with van der Waals surface area (Å²) in [7, 11) is 0. The summed E-state index contributed by atoms with van der Waals surface area (Å²) in [4.78, 5) is 16.1. The van der Waals surface area contributed by atoms with Gasteiger partial charge < -0.3 is 11.1 Å². The van der Waals surface area contributed by atoms with E-state index in [0.29, 0.717) is 11.1 Å². The standard InChI is InChI=1S/C15H21N5OS/c1-4-9(2)11-5-7-12(8-6-11)17-13(21)10(3)22-15-18-14(16)19-20-15/h5-10H,4H2,1-3H3,(H,17,21)(H3,16,18,19,20)/t9-,10-/m0/s1. The predicted molar refractivity (Wildman–Crippen MR) is 89.9 cm³/mol. The summed E-state index contributed by atoms with van der Waals surface area (Å²) in [5.41, 5.74) is 7.53. The number of nitrogens with one attached hydrogen (secondary N) is 2. The van der Waals surface area contributed by atoms with E-state index in [1.165, 1.54) is 17.3 Å². The highest BCUT2D eigenvalue weighted by Crippen LogP contribution is 2.23. The fourth-order valence-corrected chi connectivity index (χ4v) is 2.63. The van der Waals surface area contributed by atoms with Crippen molar-refractivity contribution in [3.8, 4) is 0 Å². The molecule has 1 amide bonds. The van der Waals surface area contributed by atoms with Crippen molar-refractivity contribution in [2.24, 2.45) is 0 Å². The van der Waals surface area contributed by atoms with Crippen molar-refractivity contribution in [1.29, 1.82) is 0 Å². The average molecular weight is 319 g/mol. The lowest BCUT2D eigenvalue weighted by Crippen LogP contribution is -2.22. The Labute approximate surface area is 134 Å². The molecule has 2 aromatic rings. The Morgan fingerprint density at radius 1 is 1.36 bits per heavy atom. The molecule has 1 heterocycles. The van der Waals surface area contributed by atoms with Crippen molar-refractivity contribution in [2.75, 3.05) is 11.1 Å². The minimum Gasteiger partial charge on any atom is -0.368 e. The maximum absolute atomic E-state index is 12.2. The number of nitrogen functional groups attached to an aromatic ring is 1. The molecule has 7 heteroatoms. The van der Waals surface area contributed by atoms with Crippen LogP contribution in [0, 0.1) is 0 Å². The molecule has 2 rings (SSSR count). The molecule has 6 nitrogen and oxygen atoms in total. The minimum absolute atomic E-state index is 0.0929. The Kier molecular flexibility index (Phi) is 5.43. The van der Waals surface area contributed by atoms with Crippen LogP contribution in [0.25, 0.3) is 0 Å². The second kappa shape index (κ2) is 7.31. The molecule has 0 spiro atoms. The van der Waals surface area contributed by atoms with Crippen LogP contribution in [0.4, 0.5) is 11.6 Å². The molecule has 2 atom stereocenters. The first kappa shape index (κ1) is 16.4. The quantitative estimate of drug-likeness (QED) is 0.711. The monoisotopic (exact) mass is 319 g/mol. The maximum atomic E-state index is 12.2. The van der Waals surface area contributed by atoms with Crippen LogP contribution in [0.5, 0.6) is 0 Å². The summed E-state index contributed by atoms with van der Waals surface area (Å²) in [5, 5.41) is 9.50. The van der Waals surface area contributed by atoms with Crippen molar-refractivity contribution in [3.63, 3.8) is 0 Å². The maximum Gasteiger partial charge on any atom is 0.237 e. The summed E-state index contributed by atoms with van der Waals surface area (Å²) in [6, 6.07) is 7.97. The Hall–Kier alpha value is -2.02. The average Bonchev–Trinajstić information content (AvgIpc) is 2.92. The molecule has 4 N–H and O–H groups in total. The molecule has 0 aliphatic carbocycles. The van der Waals surface area contributed by atoms with E-state index < -0.39 is 0 Å². The van der Waals surface area contributed by atoms with Crippen molar-refractivity contribution < 1.29 is 4.79 Å². The number of anilines is 2. The summed E-state index contributed by atoms with van der Waals surface area (Å²) in [6.07, 6.45) is 1.10. The molecule has 0 radical (unpaired) electrons. The van der Waals surface area contributed by atoms with E-state index >= 15 is 0 Å². The van der Waals surface area contributed by atoms with Crippen molar-refractivity contribution >= 4 is 29.3 Å². The number of rotatable bonds is 6. The van der Waals surface area contributed by atoms with Gasteiger partial charge in [0, 0.05) is 5.69 Å². The number of aromatic amines is 1. The first-order valence-electron chi connectivity index (χ1n) is 7.25. The molecule has 0 saturated heterocycles. The molecule has 0 saturated carbocycles. The van der Waals surface area contributed by atoms with Gasteiger partial charge in [0.15, 0.2) is 0 Å². The summed E-state index contributed by atoms with van der Waals surface area (Å²) < 4.78 is 0. The van der Waals surface area contributed by atoms with E-state index in [-0.39, 0.29) is 17.1 Å². The second-order valence-electron chi connectivity index (χ2n) is 5.18. The summed E-state index contributed by atoms with van der Waals surface area (Å²) in [6.45, 7) is 6.16. The van der Waals surface area contributed by atoms with Crippen LogP contribution in [0.3, 0.4) is 0 Å². The molecule has 0 aliphatic rings. The molecule has 0 aliphatic heterocycles. The van der Waals surface area contributed by atoms with Gasteiger partial charge in [-0.25, -0.2) is 5.10 Å². The number of hydrogen-bond donors (Lipinski definition) is 3. The molecule has 1 aromatic carbocycles. The Morgan fingerprint density at radius 2 is 2.05 bits per heavy atom. The largest absolute Gasteiger partial charge is 0.368 e. The van der Waals surface area contributed by atoms with Crippen LogP contribution in [-0.2, 0) is 4.79 Å². The Bertz CT molecular complexity index is 625. The first-order chi connectivity index (χ1) is 10.5. The fourth-order valence-electron chi connectivity index (χ4n) is 1.90. The van der Waals surface area contributed by atoms with Gasteiger partial charge in [0.05, 0.1) is 5.25 Å². The van der Waals surface area contributed by atoms with E-state index in [1.54, 1.807) is 6.92 Å². The zero-order chi connectivity index (χ0) is 16.1. The highest BCUT2D eigenvalue weighted by molar-refractivity contribution is 8.00. The van der Waals surface area contributed by atoms with Gasteiger partial charge in [-0.3, -0.25) is 4.79 Å². The van der Waals surface area contributed by atoms with Gasteiger partial charge in [-0.15, -0.1) is 5.10 Å². The topological polar surface area (TPSA) is 96.7 Å². The van der Waals surface area contributed by atoms with Crippen molar-refractivity contribution in [1.82, 2.24) is 15.2 Å². The van der Waals surface area contributed by atoms with Crippen LogP contribution in [-0.4, -0.2) is 26.3 Å². The molecule has 1 aromatic heterocycles. The molecular weight excluding hydrogens is 298 g/mol. The molecule has 22 heavy (non-hydrogen) atoms. The number of carbonyl (C=O) groups is 1. The number of aromatic nitrogens is 3. The lowest BCUT2D eigenvalue weighted by molar-refractivity contribution is -0.115. The lowest BCUT2D eigenvalue weighted by Gasteiger charge is -2.12. The third-order valence-corrected chi connectivity index (χ3v) is 4.45. The van der Waals surface area contributed by atoms with E-state index in [9.17, 15) is 4.79 Å². The van der Waals surface area contributed by atoms with E-state index in [4.69, 9.17) is 5.73 Å². The third-order valence-electron chi connectivity index (χ3n) is 3.49. The van der Waals surface area contributed by atoms with E-state index in [1.807, 2.05) is 12.1 Å². The summed E-state index contributed by atoms with van der Waals surface area (Å²) >= 11 is 1.26. The van der Waals surface area contributed by atoms with Gasteiger partial charge in [-0.2, -0.15) is 4.98 Å². The van der Waals surface area contributed by atoms with Crippen LogP contribution < -0.4 is 11.1 Å². The smallest absolute Gasteiger partial charge is 0.237 e. The van der Waals surface area contributed by atoms with Gasteiger partial charge in [-0.1, -0.05) is 37.7 Å². The molecule has 0 bridgehead atoms. The van der Waals surface area contributed by atoms with E-state index in [0.717, 1.165) is 12.1 Å². The predicted octanol–water partition coefficient (Wildman–Crippen LogP) is 3.02. The van der Waals surface area contributed by atoms with Gasteiger partial charge >= 0.3 is 0 Å². The number of benzene rings is 1. The highest BCUT2D eigenvalue weighted by Gasteiger charge is 2.17. The summed E-state index contributed by atoms with van der Waals surface area (Å²) in [5.74, 6) is 0.677. The van der Waals surface area contributed by atoms with Gasteiger partial charge in [-0.05, 0) is 37.0 Å². The number of thioether (sulfide) groups is 1. The molecule has 0 unspecified atom stereocenters. The Morgan fingerprint density at radius 3 is 2.59 bits per heavy atom. The fraction of sp³-hybridized carbons (Fsp3) is 0.400. The lowest BCUT2D eigenvalue weighted by atomic mass is 9.99. The number of amides is 1. The molecule has 0 fully saturated rings. The van der Waals surface area contributed by atoms with Crippen LogP contribution in [0.15, 0.2) is 29.4 Å². The normalized spacial score (nSPS) is 13.6. The second-order valence-corrected chi connectivity index (χ2v) is 6.49. The van der Waals surface area contributed by atoms with Crippen LogP contribution >= 0.6 is 11.8 Å². The zero-order valence-electron chi connectivity index (χ0n) is 13.0.